The number of esters is 1. The Labute approximate surface area is 257 Å². The monoisotopic (exact) mass is 610 g/mol. The van der Waals surface area contributed by atoms with E-state index in [0.717, 1.165) is 31.2 Å². The molecule has 0 aromatic heterocycles. The number of carboxylic acid groups (broad SMARTS) is 1. The average molecular weight is 611 g/mol. The number of benzene rings is 1. The van der Waals surface area contributed by atoms with Crippen LogP contribution in [-0.4, -0.2) is 80.5 Å². The third-order valence-corrected chi connectivity index (χ3v) is 6.91. The molecule has 2 aliphatic heterocycles. The van der Waals surface area contributed by atoms with E-state index in [1.165, 1.54) is 7.11 Å². The lowest BCUT2D eigenvalue weighted by Gasteiger charge is -2.19. The molecule has 2 saturated heterocycles. The highest BCUT2D eigenvalue weighted by atomic mass is 16.5. The predicted molar refractivity (Wildman–Crippen MR) is 164 cm³/mol. The van der Waals surface area contributed by atoms with Gasteiger partial charge in [0.1, 0.15) is 18.2 Å². The van der Waals surface area contributed by atoms with Crippen molar-refractivity contribution in [3.05, 3.63) is 35.9 Å². The van der Waals surface area contributed by atoms with E-state index in [1.54, 1.807) is 7.11 Å². The molecule has 0 spiro atoms. The summed E-state index contributed by atoms with van der Waals surface area (Å²) in [6.07, 6.45) is 6.70. The standard InChI is InChI=1S/C13H18O3.2C7H12O2.C6H12O3/c1-3-12(15-2)9-13(14)16-10-11-7-5-4-6-8-11;2*1-2-7-5-6(8)3-4-9-7;1-3-5(9-2)4-6(7)8/h4-8,12H,3,9-10H2,1-2H3;2*7H,2-5H2,1H3;5H,3-4H2,1-2H3,(H,7,8). The van der Waals surface area contributed by atoms with Gasteiger partial charge in [0.2, 0.25) is 0 Å². The minimum Gasteiger partial charge on any atom is -0.481 e. The van der Waals surface area contributed by atoms with E-state index in [9.17, 15) is 19.2 Å². The Hall–Kier alpha value is -2.66. The van der Waals surface area contributed by atoms with Crippen molar-refractivity contribution in [3.63, 3.8) is 0 Å². The minimum absolute atomic E-state index is 0.0386. The molecule has 2 fully saturated rings. The molecule has 43 heavy (non-hydrogen) atoms. The maximum atomic E-state index is 11.4. The maximum absolute atomic E-state index is 11.4. The van der Waals surface area contributed by atoms with Crippen LogP contribution in [0.15, 0.2) is 30.3 Å². The maximum Gasteiger partial charge on any atom is 0.308 e. The molecule has 3 rings (SSSR count). The molecule has 1 aromatic carbocycles. The Morgan fingerprint density at radius 1 is 0.814 bits per heavy atom. The Morgan fingerprint density at radius 3 is 1.60 bits per heavy atom. The summed E-state index contributed by atoms with van der Waals surface area (Å²) in [7, 11) is 3.13. The van der Waals surface area contributed by atoms with E-state index in [-0.39, 0.29) is 36.8 Å². The number of ether oxygens (including phenoxy) is 5. The van der Waals surface area contributed by atoms with Gasteiger partial charge < -0.3 is 28.8 Å². The van der Waals surface area contributed by atoms with Crippen molar-refractivity contribution >= 4 is 23.5 Å². The number of methoxy groups -OCH3 is 2. The molecule has 1 N–H and O–H groups in total. The van der Waals surface area contributed by atoms with Crippen LogP contribution >= 0.6 is 0 Å². The van der Waals surface area contributed by atoms with Crippen molar-refractivity contribution in [1.82, 2.24) is 0 Å². The van der Waals surface area contributed by atoms with Gasteiger partial charge in [0.25, 0.3) is 0 Å². The lowest BCUT2D eigenvalue weighted by molar-refractivity contribution is -0.148. The van der Waals surface area contributed by atoms with E-state index >= 15 is 0 Å². The van der Waals surface area contributed by atoms with Gasteiger partial charge in [-0.1, -0.05) is 58.0 Å². The summed E-state index contributed by atoms with van der Waals surface area (Å²) in [6, 6.07) is 9.64. The summed E-state index contributed by atoms with van der Waals surface area (Å²) >= 11 is 0. The van der Waals surface area contributed by atoms with Crippen LogP contribution in [0.3, 0.4) is 0 Å². The number of aliphatic carboxylic acids is 1. The molecule has 2 heterocycles. The number of Topliss-reactive ketones (excluding diaryl/α,β-unsaturated/α-hetero) is 2. The van der Waals surface area contributed by atoms with Gasteiger partial charge in [-0.25, -0.2) is 0 Å². The topological polar surface area (TPSA) is 135 Å². The summed E-state index contributed by atoms with van der Waals surface area (Å²) in [6.45, 7) is 9.58. The number of rotatable bonds is 12. The molecular formula is C33H54O10. The molecule has 10 nitrogen and oxygen atoms in total. The van der Waals surface area contributed by atoms with E-state index in [0.29, 0.717) is 63.5 Å². The fraction of sp³-hybridized carbons (Fsp3) is 0.697. The van der Waals surface area contributed by atoms with Crippen molar-refractivity contribution in [3.8, 4) is 0 Å². The van der Waals surface area contributed by atoms with Gasteiger partial charge in [-0.05, 0) is 31.2 Å². The zero-order valence-corrected chi connectivity index (χ0v) is 27.0. The highest BCUT2D eigenvalue weighted by Crippen LogP contribution is 2.12. The van der Waals surface area contributed by atoms with Gasteiger partial charge in [-0.2, -0.15) is 0 Å². The van der Waals surface area contributed by atoms with Gasteiger partial charge in [0.15, 0.2) is 0 Å². The molecule has 1 aromatic rings. The molecule has 0 radical (unpaired) electrons. The third kappa shape index (κ3) is 21.6. The number of hydrogen-bond acceptors (Lipinski definition) is 9. The van der Waals surface area contributed by atoms with E-state index < -0.39 is 5.97 Å². The van der Waals surface area contributed by atoms with Crippen molar-refractivity contribution in [2.75, 3.05) is 27.4 Å². The molecule has 4 atom stereocenters. The smallest absolute Gasteiger partial charge is 0.308 e. The van der Waals surface area contributed by atoms with Gasteiger partial charge in [0.05, 0.1) is 50.5 Å². The minimum atomic E-state index is -0.802. The van der Waals surface area contributed by atoms with Gasteiger partial charge in [0, 0.05) is 39.9 Å². The number of carbonyl (C=O) groups excluding carboxylic acids is 3. The molecule has 4 unspecified atom stereocenters. The average Bonchev–Trinajstić information content (AvgIpc) is 3.02. The van der Waals surface area contributed by atoms with Crippen LogP contribution in [0.5, 0.6) is 0 Å². The van der Waals surface area contributed by atoms with Crippen LogP contribution in [0.25, 0.3) is 0 Å². The SMILES string of the molecule is CCC(CC(=O)O)OC.CCC(CC(=O)OCc1ccccc1)OC.CCC1CC(=O)CCO1.CCC1CC(=O)CCO1. The van der Waals surface area contributed by atoms with E-state index in [4.69, 9.17) is 28.8 Å². The second kappa shape index (κ2) is 25.8. The van der Waals surface area contributed by atoms with Crippen LogP contribution in [0.4, 0.5) is 0 Å². The first-order valence-electron chi connectivity index (χ1n) is 15.3. The van der Waals surface area contributed by atoms with Crippen molar-refractivity contribution in [2.45, 2.75) is 123 Å². The first-order valence-corrected chi connectivity index (χ1v) is 15.3. The highest BCUT2D eigenvalue weighted by molar-refractivity contribution is 5.79. The lowest BCUT2D eigenvalue weighted by Crippen LogP contribution is -2.24. The number of ketones is 2. The van der Waals surface area contributed by atoms with Gasteiger partial charge in [-0.15, -0.1) is 0 Å². The largest absolute Gasteiger partial charge is 0.481 e. The Balaban J connectivity index is 0.000000570. The van der Waals surface area contributed by atoms with Crippen LogP contribution in [-0.2, 0) is 49.5 Å². The van der Waals surface area contributed by atoms with Gasteiger partial charge >= 0.3 is 11.9 Å². The van der Waals surface area contributed by atoms with Crippen LogP contribution < -0.4 is 0 Å². The van der Waals surface area contributed by atoms with Crippen LogP contribution in [0.1, 0.15) is 97.5 Å². The Morgan fingerprint density at radius 2 is 1.28 bits per heavy atom. The van der Waals surface area contributed by atoms with Crippen molar-refractivity contribution in [2.24, 2.45) is 0 Å². The second-order valence-electron chi connectivity index (χ2n) is 10.3. The fourth-order valence-corrected chi connectivity index (χ4v) is 4.00. The zero-order chi connectivity index (χ0) is 32.5. The summed E-state index contributed by atoms with van der Waals surface area (Å²) in [5.74, 6) is -0.303. The molecular weight excluding hydrogens is 556 g/mol. The normalized spacial score (nSPS) is 19.2. The first-order chi connectivity index (χ1) is 20.6. The summed E-state index contributed by atoms with van der Waals surface area (Å²) in [4.78, 5) is 43.0. The second-order valence-corrected chi connectivity index (χ2v) is 10.3. The Kier molecular flexibility index (Phi) is 24.2. The third-order valence-electron chi connectivity index (χ3n) is 6.91. The molecule has 0 aliphatic carbocycles. The molecule has 246 valence electrons. The molecule has 2 aliphatic rings. The number of carbonyl (C=O) groups is 4. The van der Waals surface area contributed by atoms with E-state index in [1.807, 2.05) is 58.0 Å². The summed E-state index contributed by atoms with van der Waals surface area (Å²) in [5.41, 5.74) is 1.00. The lowest BCUT2D eigenvalue weighted by atomic mass is 10.1. The molecule has 10 heteroatoms. The van der Waals surface area contributed by atoms with Crippen molar-refractivity contribution in [1.29, 1.82) is 0 Å². The van der Waals surface area contributed by atoms with Gasteiger partial charge in [-0.3, -0.25) is 19.2 Å². The Bertz CT molecular complexity index is 845. The number of carboxylic acids is 1. The summed E-state index contributed by atoms with van der Waals surface area (Å²) in [5, 5.41) is 8.27. The quantitative estimate of drug-likeness (QED) is 0.293. The molecule has 0 bridgehead atoms. The summed E-state index contributed by atoms with van der Waals surface area (Å²) < 4.78 is 25.6. The first kappa shape index (κ1) is 40.3. The highest BCUT2D eigenvalue weighted by Gasteiger charge is 2.18. The van der Waals surface area contributed by atoms with E-state index in [2.05, 4.69) is 0 Å². The zero-order valence-electron chi connectivity index (χ0n) is 27.0. The van der Waals surface area contributed by atoms with Crippen molar-refractivity contribution < 1.29 is 48.0 Å². The van der Waals surface area contributed by atoms with Crippen LogP contribution in [0, 0.1) is 0 Å². The van der Waals surface area contributed by atoms with Crippen LogP contribution in [0.2, 0.25) is 0 Å². The fourth-order valence-electron chi connectivity index (χ4n) is 4.00. The predicted octanol–water partition coefficient (Wildman–Crippen LogP) is 5.72. The number of hydrogen-bond donors (Lipinski definition) is 1. The molecule has 0 saturated carbocycles. The molecule has 0 amide bonds.